The maximum absolute atomic E-state index is 9.17. The number of fused-ring (bicyclic) bond motifs is 2. The predicted molar refractivity (Wildman–Crippen MR) is 118 cm³/mol. The average Bonchev–Trinajstić information content (AvgIpc) is 3.18. The predicted octanol–water partition coefficient (Wildman–Crippen LogP) is 4.04. The van der Waals surface area contributed by atoms with Crippen LogP contribution in [0.2, 0.25) is 0 Å². The number of nitrogens with one attached hydrogen (secondary N) is 2. The van der Waals surface area contributed by atoms with E-state index in [1.807, 2.05) is 43.7 Å². The van der Waals surface area contributed by atoms with E-state index in [4.69, 9.17) is 16.0 Å². The molecule has 4 N–H and O–H groups in total. The van der Waals surface area contributed by atoms with Crippen molar-refractivity contribution in [3.05, 3.63) is 48.0 Å². The van der Waals surface area contributed by atoms with Gasteiger partial charge in [-0.1, -0.05) is 18.9 Å². The van der Waals surface area contributed by atoms with Gasteiger partial charge in [-0.3, -0.25) is 4.98 Å². The molecule has 30 heavy (non-hydrogen) atoms. The lowest BCUT2D eigenvalue weighted by molar-refractivity contribution is 0.402. The van der Waals surface area contributed by atoms with Crippen molar-refractivity contribution in [3.63, 3.8) is 0 Å². The molecule has 0 bridgehead atoms. The third-order valence-electron chi connectivity index (χ3n) is 6.06. The fourth-order valence-electron chi connectivity index (χ4n) is 4.33. The molecule has 5 rings (SSSR count). The number of H-pyrrole nitrogens is 1. The monoisotopic (exact) mass is 397 g/mol. The van der Waals surface area contributed by atoms with Crippen molar-refractivity contribution >= 4 is 27.8 Å². The summed E-state index contributed by atoms with van der Waals surface area (Å²) in [6, 6.07) is 8.15. The van der Waals surface area contributed by atoms with Crippen molar-refractivity contribution in [1.82, 2.24) is 19.9 Å². The van der Waals surface area contributed by atoms with Crippen LogP contribution in [0.3, 0.4) is 0 Å². The Balaban J connectivity index is 1.62. The number of rotatable bonds is 3. The largest absolute Gasteiger partial charge is 0.361 e. The minimum Gasteiger partial charge on any atom is -0.361 e. The van der Waals surface area contributed by atoms with Crippen LogP contribution in [0, 0.1) is 18.3 Å². The highest BCUT2D eigenvalue weighted by Gasteiger charge is 2.23. The summed E-state index contributed by atoms with van der Waals surface area (Å²) in [5, 5.41) is 14.6. The highest BCUT2D eigenvalue weighted by Crippen LogP contribution is 2.34. The average molecular weight is 397 g/mol. The molecule has 1 fully saturated rings. The first-order chi connectivity index (χ1) is 14.6. The lowest BCUT2D eigenvalue weighted by Crippen LogP contribution is -2.42. The van der Waals surface area contributed by atoms with Gasteiger partial charge in [0.05, 0.1) is 17.1 Å². The van der Waals surface area contributed by atoms with Gasteiger partial charge in [0.25, 0.3) is 0 Å². The lowest BCUT2D eigenvalue weighted by atomic mass is 9.91. The molecule has 3 aromatic heterocycles. The molecule has 3 heterocycles. The molecule has 1 aliphatic rings. The van der Waals surface area contributed by atoms with Gasteiger partial charge in [-0.15, -0.1) is 0 Å². The van der Waals surface area contributed by atoms with Crippen LogP contribution in [0.15, 0.2) is 36.8 Å². The number of aromatic nitrogens is 4. The number of benzene rings is 1. The Morgan fingerprint density at radius 1 is 1.13 bits per heavy atom. The van der Waals surface area contributed by atoms with E-state index in [0.29, 0.717) is 11.5 Å². The van der Waals surface area contributed by atoms with Crippen LogP contribution in [-0.2, 0) is 0 Å². The molecular formula is C23H23N7. The molecule has 1 aromatic carbocycles. The van der Waals surface area contributed by atoms with Gasteiger partial charge in [-0.25, -0.2) is 9.97 Å². The molecule has 0 unspecified atom stereocenters. The molecule has 0 radical (unpaired) electrons. The van der Waals surface area contributed by atoms with E-state index in [-0.39, 0.29) is 12.1 Å². The second-order valence-corrected chi connectivity index (χ2v) is 7.99. The second-order valence-electron chi connectivity index (χ2n) is 7.99. The normalized spacial score (nSPS) is 19.1. The number of nitrogens with zero attached hydrogens (tertiary/aromatic N) is 4. The maximum Gasteiger partial charge on any atom is 0.223 e. The van der Waals surface area contributed by atoms with Gasteiger partial charge < -0.3 is 16.0 Å². The maximum atomic E-state index is 9.17. The Bertz CT molecular complexity index is 1280. The third kappa shape index (κ3) is 3.15. The molecule has 1 aliphatic carbocycles. The van der Waals surface area contributed by atoms with Gasteiger partial charge in [-0.05, 0) is 31.9 Å². The summed E-state index contributed by atoms with van der Waals surface area (Å²) in [5.41, 5.74) is 11.5. The Labute approximate surface area is 174 Å². The molecule has 0 amide bonds. The second kappa shape index (κ2) is 7.39. The molecule has 1 saturated carbocycles. The van der Waals surface area contributed by atoms with Gasteiger partial charge in [-0.2, -0.15) is 5.26 Å². The molecule has 0 spiro atoms. The SMILES string of the molecule is Cc1ncc(-c2c[nH]c3cc(C#N)ccc23)c2nc(N[C@H]3CCCC[C@H]3N)ncc12. The number of nitrogens with two attached hydrogens (primary N) is 1. The van der Waals surface area contributed by atoms with Crippen molar-refractivity contribution < 1.29 is 0 Å². The Hall–Kier alpha value is -3.50. The van der Waals surface area contributed by atoms with Crippen molar-refractivity contribution in [3.8, 4) is 17.2 Å². The van der Waals surface area contributed by atoms with E-state index in [1.165, 1.54) is 12.8 Å². The summed E-state index contributed by atoms with van der Waals surface area (Å²) in [5.74, 6) is 0.600. The van der Waals surface area contributed by atoms with Gasteiger partial charge in [0.2, 0.25) is 5.95 Å². The van der Waals surface area contributed by atoms with Crippen molar-refractivity contribution in [2.45, 2.75) is 44.7 Å². The zero-order valence-corrected chi connectivity index (χ0v) is 16.8. The van der Waals surface area contributed by atoms with Crippen molar-refractivity contribution in [2.75, 3.05) is 5.32 Å². The number of pyridine rings is 1. The Morgan fingerprint density at radius 3 is 2.83 bits per heavy atom. The summed E-state index contributed by atoms with van der Waals surface area (Å²) in [7, 11) is 0. The molecule has 4 aromatic rings. The molecular weight excluding hydrogens is 374 g/mol. The minimum atomic E-state index is 0.125. The molecule has 7 heteroatoms. The fraction of sp³-hybridized carbons (Fsp3) is 0.304. The van der Waals surface area contributed by atoms with E-state index in [1.54, 1.807) is 0 Å². The number of hydrogen-bond donors (Lipinski definition) is 3. The number of anilines is 1. The van der Waals surface area contributed by atoms with Gasteiger partial charge in [0.15, 0.2) is 0 Å². The van der Waals surface area contributed by atoms with Gasteiger partial charge >= 0.3 is 0 Å². The summed E-state index contributed by atoms with van der Waals surface area (Å²) in [6.45, 7) is 1.97. The molecule has 0 aliphatic heterocycles. The zero-order valence-electron chi connectivity index (χ0n) is 16.8. The number of hydrogen-bond acceptors (Lipinski definition) is 6. The molecule has 2 atom stereocenters. The fourth-order valence-corrected chi connectivity index (χ4v) is 4.33. The standard InChI is InChI=1S/C23H23N7/c1-13-16-10-28-23(29-20-5-3-2-4-19(20)25)30-22(16)18(12-26-13)17-11-27-21-8-14(9-24)6-7-15(17)21/h6-8,10-12,19-20,27H,2-5,25H2,1H3,(H,28,29,30)/t19-,20+/m1/s1. The molecule has 150 valence electrons. The van der Waals surface area contributed by atoms with E-state index in [0.717, 1.165) is 51.5 Å². The first kappa shape index (κ1) is 18.5. The van der Waals surface area contributed by atoms with E-state index >= 15 is 0 Å². The van der Waals surface area contributed by atoms with Gasteiger partial charge in [0, 0.05) is 63.8 Å². The molecule has 0 saturated heterocycles. The quantitative estimate of drug-likeness (QED) is 0.480. The van der Waals surface area contributed by atoms with Crippen LogP contribution in [0.5, 0.6) is 0 Å². The highest BCUT2D eigenvalue weighted by molar-refractivity contribution is 6.04. The Morgan fingerprint density at radius 2 is 2.00 bits per heavy atom. The van der Waals surface area contributed by atoms with E-state index < -0.39 is 0 Å². The van der Waals surface area contributed by atoms with Crippen LogP contribution in [0.1, 0.15) is 36.9 Å². The topological polar surface area (TPSA) is 116 Å². The first-order valence-corrected chi connectivity index (χ1v) is 10.3. The van der Waals surface area contributed by atoms with Crippen LogP contribution in [0.25, 0.3) is 32.9 Å². The summed E-state index contributed by atoms with van der Waals surface area (Å²) >= 11 is 0. The Kier molecular flexibility index (Phi) is 4.57. The lowest BCUT2D eigenvalue weighted by Gasteiger charge is -2.29. The number of nitriles is 1. The minimum absolute atomic E-state index is 0.125. The number of aromatic amines is 1. The van der Waals surface area contributed by atoms with Crippen LogP contribution in [0.4, 0.5) is 5.95 Å². The molecule has 7 nitrogen and oxygen atoms in total. The van der Waals surface area contributed by atoms with Gasteiger partial charge in [0.1, 0.15) is 0 Å². The summed E-state index contributed by atoms with van der Waals surface area (Å²) in [6.07, 6.45) is 10.1. The highest BCUT2D eigenvalue weighted by atomic mass is 15.1. The third-order valence-corrected chi connectivity index (χ3v) is 6.06. The summed E-state index contributed by atoms with van der Waals surface area (Å²) in [4.78, 5) is 17.3. The van der Waals surface area contributed by atoms with Crippen molar-refractivity contribution in [1.29, 1.82) is 5.26 Å². The van der Waals surface area contributed by atoms with E-state index in [9.17, 15) is 0 Å². The summed E-state index contributed by atoms with van der Waals surface area (Å²) < 4.78 is 0. The van der Waals surface area contributed by atoms with Crippen LogP contribution in [-0.4, -0.2) is 32.0 Å². The smallest absolute Gasteiger partial charge is 0.223 e. The van der Waals surface area contributed by atoms with Crippen LogP contribution >= 0.6 is 0 Å². The van der Waals surface area contributed by atoms with Crippen molar-refractivity contribution in [2.24, 2.45) is 5.73 Å². The number of aryl methyl sites for hydroxylation is 1. The van der Waals surface area contributed by atoms with E-state index in [2.05, 4.69) is 26.3 Å². The first-order valence-electron chi connectivity index (χ1n) is 10.3. The zero-order chi connectivity index (χ0) is 20.7. The van der Waals surface area contributed by atoms with Crippen LogP contribution < -0.4 is 11.1 Å².